The molecule has 2 fully saturated rings. The Hall–Kier alpha value is -2.08. The average molecular weight is 304 g/mol. The number of carbonyl (C=O) groups is 2. The van der Waals surface area contributed by atoms with Crippen LogP contribution in [0.15, 0.2) is 24.3 Å². The van der Waals surface area contributed by atoms with Gasteiger partial charge < -0.3 is 24.7 Å². The molecule has 1 aromatic carbocycles. The minimum atomic E-state index is -1.20. The molecule has 2 aliphatic rings. The third-order valence-electron chi connectivity index (χ3n) is 4.47. The molecule has 0 aliphatic carbocycles. The first-order chi connectivity index (χ1) is 10.6. The molecular weight excluding hydrogens is 286 g/mol. The zero-order valence-electron chi connectivity index (χ0n) is 12.3. The van der Waals surface area contributed by atoms with E-state index in [1.807, 2.05) is 24.3 Å². The van der Waals surface area contributed by atoms with Gasteiger partial charge in [-0.05, 0) is 30.5 Å². The maximum Gasteiger partial charge on any atom is 0.226 e. The van der Waals surface area contributed by atoms with E-state index in [1.54, 1.807) is 7.11 Å². The highest BCUT2D eigenvalue weighted by Gasteiger charge is 2.52. The van der Waals surface area contributed by atoms with Crippen LogP contribution in [0.3, 0.4) is 0 Å². The van der Waals surface area contributed by atoms with Crippen LogP contribution in [0.25, 0.3) is 0 Å². The van der Waals surface area contributed by atoms with Gasteiger partial charge in [0.25, 0.3) is 0 Å². The number of carboxylic acid groups (broad SMARTS) is 1. The van der Waals surface area contributed by atoms with Gasteiger partial charge in [-0.2, -0.15) is 0 Å². The molecule has 22 heavy (non-hydrogen) atoms. The van der Waals surface area contributed by atoms with E-state index in [4.69, 9.17) is 9.47 Å². The van der Waals surface area contributed by atoms with Gasteiger partial charge in [0, 0.05) is 18.4 Å². The van der Waals surface area contributed by atoms with Crippen LogP contribution in [0.5, 0.6) is 5.75 Å². The van der Waals surface area contributed by atoms with Gasteiger partial charge in [0.1, 0.15) is 5.75 Å². The number of rotatable bonds is 5. The number of methoxy groups -OCH3 is 1. The van der Waals surface area contributed by atoms with Crippen molar-refractivity contribution < 1.29 is 24.2 Å². The second-order valence-electron chi connectivity index (χ2n) is 5.73. The summed E-state index contributed by atoms with van der Waals surface area (Å²) in [6.45, 7) is 0.344. The molecule has 0 spiro atoms. The molecule has 1 N–H and O–H groups in total. The zero-order valence-corrected chi connectivity index (χ0v) is 12.3. The lowest BCUT2D eigenvalue weighted by Crippen LogP contribution is -2.48. The molecule has 1 aromatic rings. The van der Waals surface area contributed by atoms with E-state index < -0.39 is 17.8 Å². The molecule has 2 heterocycles. The van der Waals surface area contributed by atoms with Crippen molar-refractivity contribution in [1.29, 1.82) is 0 Å². The number of fused-ring (bicyclic) bond motifs is 2. The van der Waals surface area contributed by atoms with Crippen LogP contribution < -0.4 is 15.2 Å². The Morgan fingerprint density at radius 2 is 1.86 bits per heavy atom. The van der Waals surface area contributed by atoms with Crippen molar-refractivity contribution in [2.75, 3.05) is 7.11 Å². The van der Waals surface area contributed by atoms with Crippen LogP contribution in [0.2, 0.25) is 0 Å². The lowest BCUT2D eigenvalue weighted by molar-refractivity contribution is -0.314. The van der Waals surface area contributed by atoms with E-state index >= 15 is 0 Å². The van der Waals surface area contributed by atoms with Crippen LogP contribution in [0.1, 0.15) is 18.4 Å². The number of hydrogen-bond acceptors (Lipinski definition) is 5. The van der Waals surface area contributed by atoms with E-state index in [0.717, 1.165) is 17.7 Å². The number of aliphatic carboxylic acids is 1. The molecule has 0 saturated carbocycles. The van der Waals surface area contributed by atoms with Gasteiger partial charge in [-0.25, -0.2) is 0 Å². The van der Waals surface area contributed by atoms with Gasteiger partial charge in [-0.1, -0.05) is 12.1 Å². The highest BCUT2D eigenvalue weighted by molar-refractivity contribution is 5.86. The fourth-order valence-electron chi connectivity index (χ4n) is 3.36. The van der Waals surface area contributed by atoms with Crippen LogP contribution >= 0.6 is 0 Å². The van der Waals surface area contributed by atoms with E-state index in [2.05, 4.69) is 5.32 Å². The van der Waals surface area contributed by atoms with Gasteiger partial charge in [-0.15, -0.1) is 0 Å². The monoisotopic (exact) mass is 304 g/mol. The van der Waals surface area contributed by atoms with E-state index in [0.29, 0.717) is 13.0 Å². The Morgan fingerprint density at radius 3 is 2.45 bits per heavy atom. The fourth-order valence-corrected chi connectivity index (χ4v) is 3.36. The molecular formula is C16H18NO5-. The Bertz CT molecular complexity index is 570. The number of amides is 1. The third-order valence-corrected chi connectivity index (χ3v) is 4.47. The summed E-state index contributed by atoms with van der Waals surface area (Å²) in [7, 11) is 1.59. The largest absolute Gasteiger partial charge is 0.550 e. The first kappa shape index (κ1) is 14.8. The van der Waals surface area contributed by atoms with Crippen molar-refractivity contribution in [2.45, 2.75) is 31.6 Å². The van der Waals surface area contributed by atoms with Gasteiger partial charge in [0.15, 0.2) is 0 Å². The zero-order chi connectivity index (χ0) is 15.7. The number of carbonyl (C=O) groups excluding carboxylic acids is 2. The molecule has 6 nitrogen and oxygen atoms in total. The molecule has 6 heteroatoms. The Labute approximate surface area is 128 Å². The quantitative estimate of drug-likeness (QED) is 0.818. The second-order valence-corrected chi connectivity index (χ2v) is 5.73. The van der Waals surface area contributed by atoms with Crippen molar-refractivity contribution in [3.63, 3.8) is 0 Å². The van der Waals surface area contributed by atoms with Gasteiger partial charge >= 0.3 is 0 Å². The minimum Gasteiger partial charge on any atom is -0.550 e. The summed E-state index contributed by atoms with van der Waals surface area (Å²) in [4.78, 5) is 23.6. The summed E-state index contributed by atoms with van der Waals surface area (Å²) in [6, 6.07) is 7.33. The summed E-state index contributed by atoms with van der Waals surface area (Å²) in [5.41, 5.74) is 0.920. The number of carboxylic acids is 1. The van der Waals surface area contributed by atoms with Crippen molar-refractivity contribution in [1.82, 2.24) is 5.32 Å². The highest BCUT2D eigenvalue weighted by atomic mass is 16.5. The maximum absolute atomic E-state index is 12.3. The predicted octanol–water partition coefficient (Wildman–Crippen LogP) is -0.145. The molecule has 2 bridgehead atoms. The summed E-state index contributed by atoms with van der Waals surface area (Å²) in [5.74, 6) is -2.22. The van der Waals surface area contributed by atoms with Crippen molar-refractivity contribution in [2.24, 2.45) is 11.8 Å². The Balaban J connectivity index is 1.62. The van der Waals surface area contributed by atoms with Gasteiger partial charge in [0.05, 0.1) is 25.2 Å². The first-order valence-electron chi connectivity index (χ1n) is 7.37. The summed E-state index contributed by atoms with van der Waals surface area (Å²) in [5, 5.41) is 14.1. The topological polar surface area (TPSA) is 87.7 Å². The van der Waals surface area contributed by atoms with Crippen molar-refractivity contribution >= 4 is 11.9 Å². The highest BCUT2D eigenvalue weighted by Crippen LogP contribution is 2.43. The molecule has 0 aromatic heterocycles. The molecule has 0 unspecified atom stereocenters. The maximum atomic E-state index is 12.3. The Morgan fingerprint density at radius 1 is 1.23 bits per heavy atom. The van der Waals surface area contributed by atoms with Crippen LogP contribution in [-0.4, -0.2) is 31.2 Å². The Kier molecular flexibility index (Phi) is 4.02. The standard InChI is InChI=1S/C16H19NO5/c1-21-10-4-2-9(3-5-10)8-17-15(18)13-11-6-7-12(22-11)14(13)16(19)20/h2-5,11-14H,6-8H2,1H3,(H,17,18)(H,19,20)/p-1/t11-,12+,13+,14-/m0/s1. The van der Waals surface area contributed by atoms with Crippen LogP contribution in [0, 0.1) is 11.8 Å². The summed E-state index contributed by atoms with van der Waals surface area (Å²) in [6.07, 6.45) is 0.733. The third kappa shape index (κ3) is 2.66. The lowest BCUT2D eigenvalue weighted by atomic mass is 9.78. The molecule has 3 rings (SSSR count). The van der Waals surface area contributed by atoms with Crippen LogP contribution in [0.4, 0.5) is 0 Å². The molecule has 1 amide bonds. The number of nitrogens with one attached hydrogen (secondary N) is 1. The molecule has 2 saturated heterocycles. The minimum absolute atomic E-state index is 0.280. The average Bonchev–Trinajstić information content (AvgIpc) is 3.14. The number of ether oxygens (including phenoxy) is 2. The van der Waals surface area contributed by atoms with Crippen molar-refractivity contribution in [3.8, 4) is 5.75 Å². The normalized spacial score (nSPS) is 29.3. The predicted molar refractivity (Wildman–Crippen MR) is 74.7 cm³/mol. The fraction of sp³-hybridized carbons (Fsp3) is 0.500. The molecule has 118 valence electrons. The van der Waals surface area contributed by atoms with Gasteiger partial charge in [0.2, 0.25) is 5.91 Å². The van der Waals surface area contributed by atoms with Crippen molar-refractivity contribution in [3.05, 3.63) is 29.8 Å². The lowest BCUT2D eigenvalue weighted by Gasteiger charge is -2.27. The molecule has 4 atom stereocenters. The number of benzene rings is 1. The summed E-state index contributed by atoms with van der Waals surface area (Å²) >= 11 is 0. The first-order valence-corrected chi connectivity index (χ1v) is 7.37. The van der Waals surface area contributed by atoms with E-state index in [1.165, 1.54) is 0 Å². The summed E-state index contributed by atoms with van der Waals surface area (Å²) < 4.78 is 10.6. The SMILES string of the molecule is COc1ccc(CNC(=O)[C@H]2[C@@H](C(=O)[O-])[C@H]3CC[C@@H]2O3)cc1. The molecule has 2 aliphatic heterocycles. The second kappa shape index (κ2) is 5.96. The number of hydrogen-bond donors (Lipinski definition) is 1. The van der Waals surface area contributed by atoms with Crippen LogP contribution in [-0.2, 0) is 20.9 Å². The van der Waals surface area contributed by atoms with E-state index in [9.17, 15) is 14.7 Å². The van der Waals surface area contributed by atoms with E-state index in [-0.39, 0.29) is 18.1 Å². The molecule has 0 radical (unpaired) electrons. The smallest absolute Gasteiger partial charge is 0.226 e. The van der Waals surface area contributed by atoms with Gasteiger partial charge in [-0.3, -0.25) is 4.79 Å².